The molecule has 0 radical (unpaired) electrons. The molecule has 0 saturated carbocycles. The zero-order valence-corrected chi connectivity index (χ0v) is 21.9. The minimum absolute atomic E-state index is 0.0803. The Kier molecular flexibility index (Phi) is 8.47. The number of hydrogen-bond donors (Lipinski definition) is 1. The molecule has 1 heterocycles. The largest absolute Gasteiger partial charge is 0.490 e. The minimum atomic E-state index is -1.07. The van der Waals surface area contributed by atoms with Gasteiger partial charge in [-0.25, -0.2) is 4.79 Å². The SMILES string of the molecule is CCOc1cc(/C=C2\SC(=S)N(c3cccc(C(=O)O)c3)C2=O)ccc1OCCOc1ccccc1C. The van der Waals surface area contributed by atoms with E-state index in [1.54, 1.807) is 30.3 Å². The van der Waals surface area contributed by atoms with Crippen LogP contribution in [0.3, 0.4) is 0 Å². The molecule has 3 aromatic rings. The van der Waals surface area contributed by atoms with E-state index in [2.05, 4.69) is 0 Å². The molecule has 190 valence electrons. The number of anilines is 1. The van der Waals surface area contributed by atoms with Gasteiger partial charge in [-0.2, -0.15) is 0 Å². The second-order valence-corrected chi connectivity index (χ2v) is 9.65. The van der Waals surface area contributed by atoms with Crippen molar-refractivity contribution in [3.05, 3.63) is 88.3 Å². The van der Waals surface area contributed by atoms with Gasteiger partial charge in [0.15, 0.2) is 15.8 Å². The predicted molar refractivity (Wildman–Crippen MR) is 149 cm³/mol. The van der Waals surface area contributed by atoms with E-state index in [1.165, 1.54) is 17.0 Å². The van der Waals surface area contributed by atoms with E-state index in [0.29, 0.717) is 46.2 Å². The Labute approximate surface area is 224 Å². The van der Waals surface area contributed by atoms with E-state index in [1.807, 2.05) is 44.2 Å². The first-order chi connectivity index (χ1) is 17.9. The average molecular weight is 536 g/mol. The summed E-state index contributed by atoms with van der Waals surface area (Å²) < 4.78 is 17.8. The summed E-state index contributed by atoms with van der Waals surface area (Å²) >= 11 is 6.57. The lowest BCUT2D eigenvalue weighted by molar-refractivity contribution is -0.113. The molecule has 0 aliphatic carbocycles. The van der Waals surface area contributed by atoms with Gasteiger partial charge in [0.25, 0.3) is 5.91 Å². The van der Waals surface area contributed by atoms with Gasteiger partial charge in [0.1, 0.15) is 19.0 Å². The van der Waals surface area contributed by atoms with Crippen LogP contribution in [0.1, 0.15) is 28.4 Å². The lowest BCUT2D eigenvalue weighted by Gasteiger charge is -2.15. The summed E-state index contributed by atoms with van der Waals surface area (Å²) in [6, 6.07) is 19.4. The zero-order valence-electron chi connectivity index (χ0n) is 20.3. The topological polar surface area (TPSA) is 85.3 Å². The average Bonchev–Trinajstić information content (AvgIpc) is 3.16. The number of aromatic carboxylic acids is 1. The molecule has 3 aromatic carbocycles. The molecule has 1 fully saturated rings. The highest BCUT2D eigenvalue weighted by atomic mass is 32.2. The highest BCUT2D eigenvalue weighted by Gasteiger charge is 2.33. The molecule has 0 aromatic heterocycles. The molecule has 1 aliphatic heterocycles. The number of nitrogens with zero attached hydrogens (tertiary/aromatic N) is 1. The first kappa shape index (κ1) is 26.2. The third kappa shape index (κ3) is 6.31. The molecule has 1 amide bonds. The standard InChI is InChI=1S/C28H25NO6S2/c1-3-33-24-15-19(11-12-23(24)35-14-13-34-22-10-5-4-7-18(22)2)16-25-26(30)29(28(36)37-25)21-9-6-8-20(17-21)27(31)32/h4-12,15-17H,3,13-14H2,1-2H3,(H,31,32)/b25-16-. The molecule has 1 saturated heterocycles. The van der Waals surface area contributed by atoms with Crippen LogP contribution in [0.4, 0.5) is 5.69 Å². The van der Waals surface area contributed by atoms with Crippen molar-refractivity contribution in [2.45, 2.75) is 13.8 Å². The summed E-state index contributed by atoms with van der Waals surface area (Å²) in [6.45, 7) is 5.03. The van der Waals surface area contributed by atoms with Crippen LogP contribution < -0.4 is 19.1 Å². The van der Waals surface area contributed by atoms with Gasteiger partial charge in [0, 0.05) is 0 Å². The maximum absolute atomic E-state index is 13.1. The summed E-state index contributed by atoms with van der Waals surface area (Å²) in [4.78, 5) is 26.2. The van der Waals surface area contributed by atoms with E-state index in [-0.39, 0.29) is 11.5 Å². The Balaban J connectivity index is 1.47. The molecule has 0 unspecified atom stereocenters. The number of ether oxygens (including phenoxy) is 3. The van der Waals surface area contributed by atoms with Crippen LogP contribution in [-0.2, 0) is 4.79 Å². The molecule has 0 bridgehead atoms. The summed E-state index contributed by atoms with van der Waals surface area (Å²) in [7, 11) is 0. The summed E-state index contributed by atoms with van der Waals surface area (Å²) in [5.41, 5.74) is 2.29. The van der Waals surface area contributed by atoms with Gasteiger partial charge in [0.2, 0.25) is 0 Å². The van der Waals surface area contributed by atoms with Crippen LogP contribution >= 0.6 is 24.0 Å². The highest BCUT2D eigenvalue weighted by Crippen LogP contribution is 2.37. The van der Waals surface area contributed by atoms with Crippen LogP contribution in [0.15, 0.2) is 71.6 Å². The van der Waals surface area contributed by atoms with Crippen molar-refractivity contribution in [3.63, 3.8) is 0 Å². The predicted octanol–water partition coefficient (Wildman–Crippen LogP) is 5.96. The second kappa shape index (κ2) is 11.9. The van der Waals surface area contributed by atoms with Crippen LogP contribution in [0.25, 0.3) is 6.08 Å². The number of hydrogen-bond acceptors (Lipinski definition) is 7. The lowest BCUT2D eigenvalue weighted by atomic mass is 10.1. The van der Waals surface area contributed by atoms with Crippen LogP contribution in [0, 0.1) is 6.92 Å². The summed E-state index contributed by atoms with van der Waals surface area (Å²) in [5, 5.41) is 9.27. The van der Waals surface area contributed by atoms with Crippen molar-refractivity contribution < 1.29 is 28.9 Å². The summed E-state index contributed by atoms with van der Waals surface area (Å²) in [5.74, 6) is 0.556. The fraction of sp³-hybridized carbons (Fsp3) is 0.179. The molecule has 1 aliphatic rings. The van der Waals surface area contributed by atoms with Crippen molar-refractivity contribution in [2.75, 3.05) is 24.7 Å². The van der Waals surface area contributed by atoms with Gasteiger partial charge >= 0.3 is 5.97 Å². The Hall–Kier alpha value is -3.82. The van der Waals surface area contributed by atoms with Gasteiger partial charge in [-0.05, 0) is 67.4 Å². The van der Waals surface area contributed by atoms with Crippen molar-refractivity contribution in [1.29, 1.82) is 0 Å². The van der Waals surface area contributed by atoms with Crippen molar-refractivity contribution in [2.24, 2.45) is 0 Å². The molecule has 7 nitrogen and oxygen atoms in total. The highest BCUT2D eigenvalue weighted by molar-refractivity contribution is 8.27. The monoisotopic (exact) mass is 535 g/mol. The molecule has 0 spiro atoms. The number of para-hydroxylation sites is 1. The zero-order chi connectivity index (χ0) is 26.4. The van der Waals surface area contributed by atoms with E-state index in [9.17, 15) is 14.7 Å². The van der Waals surface area contributed by atoms with Crippen molar-refractivity contribution >= 4 is 51.9 Å². The molecule has 1 N–H and O–H groups in total. The van der Waals surface area contributed by atoms with E-state index in [0.717, 1.165) is 28.6 Å². The second-order valence-electron chi connectivity index (χ2n) is 7.97. The molecule has 9 heteroatoms. The number of amides is 1. The fourth-order valence-electron chi connectivity index (χ4n) is 3.64. The van der Waals surface area contributed by atoms with Gasteiger partial charge in [-0.15, -0.1) is 0 Å². The molecular weight excluding hydrogens is 510 g/mol. The number of rotatable bonds is 10. The third-order valence-electron chi connectivity index (χ3n) is 5.40. The molecular formula is C28H25NO6S2. The van der Waals surface area contributed by atoms with Crippen LogP contribution in [0.5, 0.6) is 17.2 Å². The minimum Gasteiger partial charge on any atom is -0.490 e. The van der Waals surface area contributed by atoms with Gasteiger partial charge < -0.3 is 19.3 Å². The third-order valence-corrected chi connectivity index (χ3v) is 6.70. The molecule has 0 atom stereocenters. The normalized spacial score (nSPS) is 14.2. The summed E-state index contributed by atoms with van der Waals surface area (Å²) in [6.07, 6.45) is 1.73. The smallest absolute Gasteiger partial charge is 0.335 e. The molecule has 4 rings (SSSR count). The van der Waals surface area contributed by atoms with E-state index >= 15 is 0 Å². The first-order valence-electron chi connectivity index (χ1n) is 11.6. The van der Waals surface area contributed by atoms with Crippen LogP contribution in [-0.4, -0.2) is 41.1 Å². The first-order valence-corrected chi connectivity index (χ1v) is 12.8. The fourth-order valence-corrected chi connectivity index (χ4v) is 4.94. The quantitative estimate of drug-likeness (QED) is 0.194. The number of carbonyl (C=O) groups excluding carboxylic acids is 1. The van der Waals surface area contributed by atoms with Crippen LogP contribution in [0.2, 0.25) is 0 Å². The van der Waals surface area contributed by atoms with Gasteiger partial charge in [0.05, 0.1) is 22.8 Å². The van der Waals surface area contributed by atoms with Gasteiger partial charge in [-0.3, -0.25) is 9.69 Å². The van der Waals surface area contributed by atoms with Crippen molar-refractivity contribution in [3.8, 4) is 17.2 Å². The molecule has 37 heavy (non-hydrogen) atoms. The number of carbonyl (C=O) groups is 2. The number of carboxylic acid groups (broad SMARTS) is 1. The Morgan fingerprint density at radius 2 is 1.73 bits per heavy atom. The number of thioether (sulfide) groups is 1. The number of aryl methyl sites for hydroxylation is 1. The lowest BCUT2D eigenvalue weighted by Crippen LogP contribution is -2.27. The number of carboxylic acids is 1. The Bertz CT molecular complexity index is 1370. The van der Waals surface area contributed by atoms with E-state index < -0.39 is 5.97 Å². The van der Waals surface area contributed by atoms with Gasteiger partial charge in [-0.1, -0.05) is 54.3 Å². The Morgan fingerprint density at radius 1 is 0.973 bits per heavy atom. The Morgan fingerprint density at radius 3 is 2.46 bits per heavy atom. The van der Waals surface area contributed by atoms with Crippen molar-refractivity contribution in [1.82, 2.24) is 0 Å². The van der Waals surface area contributed by atoms with E-state index in [4.69, 9.17) is 26.4 Å². The maximum atomic E-state index is 13.1. The number of benzene rings is 3. The maximum Gasteiger partial charge on any atom is 0.335 e. The number of thiocarbonyl (C=S) groups is 1.